The second kappa shape index (κ2) is 5.85. The number of esters is 1. The molecule has 0 radical (unpaired) electrons. The van der Waals surface area contributed by atoms with E-state index < -0.39 is 0 Å². The normalized spacial score (nSPS) is 25.5. The molecular weight excluding hydrogens is 214 g/mol. The number of rotatable bonds is 3. The lowest BCUT2D eigenvalue weighted by Crippen LogP contribution is -2.57. The number of nitrogens with one attached hydrogen (secondary N) is 1. The third-order valence-electron chi connectivity index (χ3n) is 4.37. The minimum atomic E-state index is -0.366. The first-order valence-electron chi connectivity index (χ1n) is 7.13. The SMILES string of the molecule is COC(=O)C1(NC2CCCCC2)CCCCC1. The van der Waals surface area contributed by atoms with Crippen LogP contribution >= 0.6 is 0 Å². The van der Waals surface area contributed by atoms with Crippen LogP contribution in [0.15, 0.2) is 0 Å². The van der Waals surface area contributed by atoms with Crippen molar-refractivity contribution in [1.82, 2.24) is 5.32 Å². The molecule has 2 aliphatic rings. The van der Waals surface area contributed by atoms with Crippen molar-refractivity contribution in [3.05, 3.63) is 0 Å². The molecule has 2 rings (SSSR count). The van der Waals surface area contributed by atoms with E-state index in [1.165, 1.54) is 45.6 Å². The van der Waals surface area contributed by atoms with Gasteiger partial charge in [-0.05, 0) is 25.7 Å². The second-order valence-electron chi connectivity index (χ2n) is 5.61. The van der Waals surface area contributed by atoms with Crippen LogP contribution in [0.5, 0.6) is 0 Å². The van der Waals surface area contributed by atoms with Gasteiger partial charge in [0.05, 0.1) is 7.11 Å². The quantitative estimate of drug-likeness (QED) is 0.770. The third kappa shape index (κ3) is 3.01. The van der Waals surface area contributed by atoms with Crippen LogP contribution in [-0.2, 0) is 9.53 Å². The zero-order valence-corrected chi connectivity index (χ0v) is 11.0. The molecule has 0 atom stereocenters. The van der Waals surface area contributed by atoms with Crippen LogP contribution in [0.3, 0.4) is 0 Å². The van der Waals surface area contributed by atoms with E-state index in [1.54, 1.807) is 0 Å². The first-order chi connectivity index (χ1) is 8.27. The zero-order valence-electron chi connectivity index (χ0n) is 11.0. The van der Waals surface area contributed by atoms with Crippen LogP contribution in [0.1, 0.15) is 64.2 Å². The molecule has 0 unspecified atom stereocenters. The Morgan fingerprint density at radius 1 is 1.06 bits per heavy atom. The lowest BCUT2D eigenvalue weighted by Gasteiger charge is -2.39. The fourth-order valence-corrected chi connectivity index (χ4v) is 3.40. The van der Waals surface area contributed by atoms with Gasteiger partial charge in [-0.25, -0.2) is 0 Å². The van der Waals surface area contributed by atoms with E-state index in [9.17, 15) is 4.79 Å². The molecule has 0 heterocycles. The summed E-state index contributed by atoms with van der Waals surface area (Å²) in [7, 11) is 1.52. The van der Waals surface area contributed by atoms with Crippen LogP contribution < -0.4 is 5.32 Å². The predicted molar refractivity (Wildman–Crippen MR) is 67.8 cm³/mol. The number of carbonyl (C=O) groups is 1. The summed E-state index contributed by atoms with van der Waals surface area (Å²) in [6.07, 6.45) is 11.9. The van der Waals surface area contributed by atoms with Gasteiger partial charge in [-0.1, -0.05) is 38.5 Å². The molecule has 2 fully saturated rings. The molecule has 1 N–H and O–H groups in total. The Labute approximate surface area is 104 Å². The summed E-state index contributed by atoms with van der Waals surface area (Å²) in [6, 6.07) is 0.529. The van der Waals surface area contributed by atoms with Crippen molar-refractivity contribution in [3.63, 3.8) is 0 Å². The Morgan fingerprint density at radius 2 is 1.65 bits per heavy atom. The second-order valence-corrected chi connectivity index (χ2v) is 5.61. The van der Waals surface area contributed by atoms with E-state index in [-0.39, 0.29) is 11.5 Å². The Morgan fingerprint density at radius 3 is 2.24 bits per heavy atom. The number of methoxy groups -OCH3 is 1. The third-order valence-corrected chi connectivity index (χ3v) is 4.37. The Hall–Kier alpha value is -0.570. The summed E-state index contributed by atoms with van der Waals surface area (Å²) in [5.41, 5.74) is -0.366. The maximum atomic E-state index is 12.1. The molecule has 17 heavy (non-hydrogen) atoms. The first-order valence-corrected chi connectivity index (χ1v) is 7.13. The van der Waals surface area contributed by atoms with E-state index in [4.69, 9.17) is 4.74 Å². The molecule has 0 amide bonds. The molecule has 98 valence electrons. The molecule has 0 saturated heterocycles. The molecule has 0 aromatic rings. The van der Waals surface area contributed by atoms with Crippen molar-refractivity contribution in [2.45, 2.75) is 75.8 Å². The van der Waals surface area contributed by atoms with Gasteiger partial charge < -0.3 is 4.74 Å². The number of hydrogen-bond acceptors (Lipinski definition) is 3. The van der Waals surface area contributed by atoms with Gasteiger partial charge in [0.1, 0.15) is 5.54 Å². The molecule has 0 spiro atoms. The fraction of sp³-hybridized carbons (Fsp3) is 0.929. The van der Waals surface area contributed by atoms with E-state index in [0.29, 0.717) is 6.04 Å². The summed E-state index contributed by atoms with van der Waals surface area (Å²) in [5, 5.41) is 3.65. The summed E-state index contributed by atoms with van der Waals surface area (Å²) in [4.78, 5) is 12.1. The Balaban J connectivity index is 2.01. The highest BCUT2D eigenvalue weighted by molar-refractivity contribution is 5.81. The van der Waals surface area contributed by atoms with E-state index in [1.807, 2.05) is 0 Å². The van der Waals surface area contributed by atoms with Gasteiger partial charge in [-0.2, -0.15) is 0 Å². The van der Waals surface area contributed by atoms with Gasteiger partial charge in [-0.15, -0.1) is 0 Å². The van der Waals surface area contributed by atoms with Crippen molar-refractivity contribution in [1.29, 1.82) is 0 Å². The maximum Gasteiger partial charge on any atom is 0.326 e. The maximum absolute atomic E-state index is 12.1. The van der Waals surface area contributed by atoms with Crippen LogP contribution in [0.4, 0.5) is 0 Å². The summed E-state index contributed by atoms with van der Waals surface area (Å²) in [6.45, 7) is 0. The van der Waals surface area contributed by atoms with Gasteiger partial charge >= 0.3 is 5.97 Å². The Bertz CT molecular complexity index is 253. The molecule has 0 aromatic carbocycles. The minimum absolute atomic E-state index is 0.0391. The number of hydrogen-bond donors (Lipinski definition) is 1. The smallest absolute Gasteiger partial charge is 0.326 e. The monoisotopic (exact) mass is 239 g/mol. The molecule has 3 nitrogen and oxygen atoms in total. The molecule has 3 heteroatoms. The molecular formula is C14H25NO2. The average molecular weight is 239 g/mol. The van der Waals surface area contributed by atoms with Crippen molar-refractivity contribution in [2.24, 2.45) is 0 Å². The predicted octanol–water partition coefficient (Wildman–Crippen LogP) is 2.78. The molecule has 2 aliphatic carbocycles. The van der Waals surface area contributed by atoms with Gasteiger partial charge in [0.2, 0.25) is 0 Å². The van der Waals surface area contributed by atoms with Crippen molar-refractivity contribution < 1.29 is 9.53 Å². The highest BCUT2D eigenvalue weighted by Crippen LogP contribution is 2.31. The van der Waals surface area contributed by atoms with Gasteiger partial charge in [0.25, 0.3) is 0 Å². The van der Waals surface area contributed by atoms with Crippen LogP contribution in [0.2, 0.25) is 0 Å². The van der Waals surface area contributed by atoms with Crippen molar-refractivity contribution in [3.8, 4) is 0 Å². The topological polar surface area (TPSA) is 38.3 Å². The standard InChI is InChI=1S/C14H25NO2/c1-17-13(16)14(10-6-3-7-11-14)15-12-8-4-2-5-9-12/h12,15H,2-11H2,1H3. The van der Waals surface area contributed by atoms with Crippen molar-refractivity contribution in [2.75, 3.05) is 7.11 Å². The van der Waals surface area contributed by atoms with E-state index >= 15 is 0 Å². The van der Waals surface area contributed by atoms with Gasteiger partial charge in [0.15, 0.2) is 0 Å². The van der Waals surface area contributed by atoms with Gasteiger partial charge in [-0.3, -0.25) is 10.1 Å². The van der Waals surface area contributed by atoms with E-state index in [0.717, 1.165) is 25.7 Å². The van der Waals surface area contributed by atoms with Crippen LogP contribution in [0, 0.1) is 0 Å². The van der Waals surface area contributed by atoms with E-state index in [2.05, 4.69) is 5.32 Å². The molecule has 0 aromatic heterocycles. The zero-order chi connectivity index (χ0) is 12.1. The molecule has 2 saturated carbocycles. The average Bonchev–Trinajstić information content (AvgIpc) is 2.40. The van der Waals surface area contributed by atoms with Crippen LogP contribution in [-0.4, -0.2) is 24.7 Å². The minimum Gasteiger partial charge on any atom is -0.468 e. The lowest BCUT2D eigenvalue weighted by atomic mass is 9.80. The summed E-state index contributed by atoms with van der Waals surface area (Å²) >= 11 is 0. The Kier molecular flexibility index (Phi) is 4.43. The number of ether oxygens (including phenoxy) is 1. The largest absolute Gasteiger partial charge is 0.468 e. The molecule has 0 aliphatic heterocycles. The van der Waals surface area contributed by atoms with Crippen LogP contribution in [0.25, 0.3) is 0 Å². The summed E-state index contributed by atoms with van der Waals surface area (Å²) in [5.74, 6) is -0.0391. The fourth-order valence-electron chi connectivity index (χ4n) is 3.40. The lowest BCUT2D eigenvalue weighted by molar-refractivity contribution is -0.150. The molecule has 0 bridgehead atoms. The van der Waals surface area contributed by atoms with Crippen molar-refractivity contribution >= 4 is 5.97 Å². The highest BCUT2D eigenvalue weighted by atomic mass is 16.5. The first kappa shape index (κ1) is 12.9. The summed E-state index contributed by atoms with van der Waals surface area (Å²) < 4.78 is 5.03. The number of carbonyl (C=O) groups excluding carboxylic acids is 1. The van der Waals surface area contributed by atoms with Gasteiger partial charge in [0, 0.05) is 6.04 Å². The highest BCUT2D eigenvalue weighted by Gasteiger charge is 2.41.